The van der Waals surface area contributed by atoms with Crippen LogP contribution in [-0.4, -0.2) is 60.4 Å². The summed E-state index contributed by atoms with van der Waals surface area (Å²) in [5, 5.41) is 9.90. The van der Waals surface area contributed by atoms with Crippen LogP contribution < -0.4 is 14.4 Å². The summed E-state index contributed by atoms with van der Waals surface area (Å²) in [5.41, 5.74) is 3.87. The van der Waals surface area contributed by atoms with Gasteiger partial charge in [-0.25, -0.2) is 0 Å². The van der Waals surface area contributed by atoms with Gasteiger partial charge in [0, 0.05) is 43.3 Å². The van der Waals surface area contributed by atoms with Gasteiger partial charge in [0.25, 0.3) is 0 Å². The first-order valence-corrected chi connectivity index (χ1v) is 9.58. The van der Waals surface area contributed by atoms with E-state index in [1.54, 1.807) is 12.1 Å². The van der Waals surface area contributed by atoms with Crippen LogP contribution in [0.2, 0.25) is 0 Å². The Morgan fingerprint density at radius 2 is 1.64 bits per heavy atom. The van der Waals surface area contributed by atoms with E-state index in [4.69, 9.17) is 9.47 Å². The standard InChI is InChI=1S/C21H25N3O4/c1-14-11-17(12-15(2)22-14)23-5-7-24(8-6-23)20(21(25)26)16-3-4-18-19(13-16)28-10-9-27-18/h3-4,11-13,20H,5-10H2,1-2H3,(H,25,26). The van der Waals surface area contributed by atoms with Crippen LogP contribution in [0.3, 0.4) is 0 Å². The van der Waals surface area contributed by atoms with Gasteiger partial charge in [0.15, 0.2) is 11.5 Å². The first kappa shape index (κ1) is 18.6. The Morgan fingerprint density at radius 1 is 1.00 bits per heavy atom. The summed E-state index contributed by atoms with van der Waals surface area (Å²) in [7, 11) is 0. The van der Waals surface area contributed by atoms with Gasteiger partial charge >= 0.3 is 5.97 Å². The molecular weight excluding hydrogens is 358 g/mol. The molecule has 1 N–H and O–H groups in total. The zero-order chi connectivity index (χ0) is 19.7. The van der Waals surface area contributed by atoms with Gasteiger partial charge in [0.1, 0.15) is 19.3 Å². The minimum absolute atomic E-state index is 0.484. The third kappa shape index (κ3) is 3.75. The van der Waals surface area contributed by atoms with E-state index in [-0.39, 0.29) is 0 Å². The highest BCUT2D eigenvalue weighted by Gasteiger charge is 2.31. The summed E-state index contributed by atoms with van der Waals surface area (Å²) in [6.45, 7) is 7.89. The number of carboxylic acids is 1. The van der Waals surface area contributed by atoms with Crippen LogP contribution in [0.25, 0.3) is 0 Å². The number of benzene rings is 1. The van der Waals surface area contributed by atoms with Crippen molar-refractivity contribution in [2.45, 2.75) is 19.9 Å². The molecule has 0 bridgehead atoms. The fourth-order valence-corrected chi connectivity index (χ4v) is 3.97. The molecule has 2 aliphatic heterocycles. The molecule has 1 aromatic heterocycles. The highest BCUT2D eigenvalue weighted by atomic mass is 16.6. The van der Waals surface area contributed by atoms with E-state index in [9.17, 15) is 9.90 Å². The molecule has 148 valence electrons. The van der Waals surface area contributed by atoms with Gasteiger partial charge in [-0.2, -0.15) is 0 Å². The van der Waals surface area contributed by atoms with Crippen molar-refractivity contribution in [3.63, 3.8) is 0 Å². The maximum Gasteiger partial charge on any atom is 0.325 e. The van der Waals surface area contributed by atoms with E-state index in [1.807, 2.05) is 24.8 Å². The predicted molar refractivity (Wildman–Crippen MR) is 105 cm³/mol. The molecule has 0 saturated carbocycles. The number of rotatable bonds is 4. The van der Waals surface area contributed by atoms with Crippen LogP contribution >= 0.6 is 0 Å². The van der Waals surface area contributed by atoms with E-state index in [0.29, 0.717) is 37.8 Å². The van der Waals surface area contributed by atoms with E-state index in [0.717, 1.165) is 35.7 Å². The zero-order valence-corrected chi connectivity index (χ0v) is 16.2. The number of aliphatic carboxylic acids is 1. The minimum atomic E-state index is -0.847. The molecule has 28 heavy (non-hydrogen) atoms. The summed E-state index contributed by atoms with van der Waals surface area (Å²) in [6.07, 6.45) is 0. The summed E-state index contributed by atoms with van der Waals surface area (Å²) in [6, 6.07) is 8.90. The van der Waals surface area contributed by atoms with Gasteiger partial charge in [0.05, 0.1) is 0 Å². The Bertz CT molecular complexity index is 858. The Morgan fingerprint density at radius 3 is 2.29 bits per heavy atom. The molecule has 7 nitrogen and oxygen atoms in total. The normalized spacial score (nSPS) is 18.0. The number of nitrogens with zero attached hydrogens (tertiary/aromatic N) is 3. The minimum Gasteiger partial charge on any atom is -0.486 e. The fourth-order valence-electron chi connectivity index (χ4n) is 3.97. The number of hydrogen-bond acceptors (Lipinski definition) is 6. The van der Waals surface area contributed by atoms with Crippen molar-refractivity contribution in [2.75, 3.05) is 44.3 Å². The Hall–Kier alpha value is -2.80. The van der Waals surface area contributed by atoms with Crippen LogP contribution in [0.1, 0.15) is 23.0 Å². The lowest BCUT2D eigenvalue weighted by Gasteiger charge is -2.39. The average Bonchev–Trinajstić information content (AvgIpc) is 2.67. The van der Waals surface area contributed by atoms with Crippen LogP contribution in [0, 0.1) is 13.8 Å². The summed E-state index contributed by atoms with van der Waals surface area (Å²) >= 11 is 0. The van der Waals surface area contributed by atoms with Crippen molar-refractivity contribution in [2.24, 2.45) is 0 Å². The number of fused-ring (bicyclic) bond motifs is 1. The molecule has 0 radical (unpaired) electrons. The quantitative estimate of drug-likeness (QED) is 0.869. The second-order valence-electron chi connectivity index (χ2n) is 7.27. The van der Waals surface area contributed by atoms with Crippen molar-refractivity contribution in [1.29, 1.82) is 0 Å². The molecule has 1 atom stereocenters. The molecule has 2 aliphatic rings. The smallest absolute Gasteiger partial charge is 0.325 e. The highest BCUT2D eigenvalue weighted by Crippen LogP contribution is 2.34. The number of carboxylic acid groups (broad SMARTS) is 1. The van der Waals surface area contributed by atoms with E-state index < -0.39 is 12.0 Å². The lowest BCUT2D eigenvalue weighted by atomic mass is 10.0. The third-order valence-corrected chi connectivity index (χ3v) is 5.23. The topological polar surface area (TPSA) is 75.1 Å². The number of hydrogen-bond donors (Lipinski definition) is 1. The van der Waals surface area contributed by atoms with Crippen LogP contribution in [0.5, 0.6) is 11.5 Å². The molecule has 7 heteroatoms. The molecule has 0 aliphatic carbocycles. The van der Waals surface area contributed by atoms with E-state index >= 15 is 0 Å². The summed E-state index contributed by atoms with van der Waals surface area (Å²) in [5.74, 6) is 0.449. The highest BCUT2D eigenvalue weighted by molar-refractivity contribution is 5.76. The van der Waals surface area contributed by atoms with Crippen molar-refractivity contribution in [3.05, 3.63) is 47.3 Å². The van der Waals surface area contributed by atoms with Crippen molar-refractivity contribution >= 4 is 11.7 Å². The molecule has 1 saturated heterocycles. The first-order valence-electron chi connectivity index (χ1n) is 9.58. The second-order valence-corrected chi connectivity index (χ2v) is 7.27. The average molecular weight is 383 g/mol. The number of piperazine rings is 1. The number of carbonyl (C=O) groups is 1. The second kappa shape index (κ2) is 7.67. The molecule has 0 amide bonds. The van der Waals surface area contributed by atoms with Gasteiger partial charge in [-0.05, 0) is 43.7 Å². The number of aryl methyl sites for hydroxylation is 2. The largest absolute Gasteiger partial charge is 0.486 e. The van der Waals surface area contributed by atoms with Gasteiger partial charge in [-0.3, -0.25) is 14.7 Å². The molecule has 1 fully saturated rings. The zero-order valence-electron chi connectivity index (χ0n) is 16.2. The van der Waals surface area contributed by atoms with Crippen LogP contribution in [0.4, 0.5) is 5.69 Å². The number of anilines is 1. The van der Waals surface area contributed by atoms with E-state index in [2.05, 4.69) is 22.0 Å². The molecule has 3 heterocycles. The number of ether oxygens (including phenoxy) is 2. The van der Waals surface area contributed by atoms with Crippen LogP contribution in [-0.2, 0) is 4.79 Å². The summed E-state index contributed by atoms with van der Waals surface area (Å²) in [4.78, 5) is 20.8. The molecule has 1 aromatic carbocycles. The molecule has 2 aromatic rings. The summed E-state index contributed by atoms with van der Waals surface area (Å²) < 4.78 is 11.2. The maximum absolute atomic E-state index is 12.1. The Kier molecular flexibility index (Phi) is 5.09. The molecule has 1 unspecified atom stereocenters. The lowest BCUT2D eigenvalue weighted by molar-refractivity contribution is -0.143. The van der Waals surface area contributed by atoms with Gasteiger partial charge in [0.2, 0.25) is 0 Å². The Balaban J connectivity index is 1.50. The molecule has 0 spiro atoms. The maximum atomic E-state index is 12.1. The fraction of sp³-hybridized carbons (Fsp3) is 0.429. The molecular formula is C21H25N3O4. The first-order chi connectivity index (χ1) is 13.5. The third-order valence-electron chi connectivity index (χ3n) is 5.23. The monoisotopic (exact) mass is 383 g/mol. The van der Waals surface area contributed by atoms with Gasteiger partial charge in [-0.1, -0.05) is 6.07 Å². The molecule has 4 rings (SSSR count). The Labute approximate surface area is 164 Å². The van der Waals surface area contributed by atoms with Gasteiger partial charge in [-0.15, -0.1) is 0 Å². The van der Waals surface area contributed by atoms with Crippen molar-refractivity contribution in [1.82, 2.24) is 9.88 Å². The number of pyridine rings is 1. The van der Waals surface area contributed by atoms with Crippen molar-refractivity contribution < 1.29 is 19.4 Å². The van der Waals surface area contributed by atoms with E-state index in [1.165, 1.54) is 0 Å². The SMILES string of the molecule is Cc1cc(N2CCN(C(C(=O)O)c3ccc4c(c3)OCCO4)CC2)cc(C)n1. The van der Waals surface area contributed by atoms with Gasteiger partial charge < -0.3 is 19.5 Å². The predicted octanol–water partition coefficient (Wildman–Crippen LogP) is 2.42. The number of aromatic nitrogens is 1. The lowest BCUT2D eigenvalue weighted by Crippen LogP contribution is -2.49. The van der Waals surface area contributed by atoms with Crippen LogP contribution in [0.15, 0.2) is 30.3 Å². The van der Waals surface area contributed by atoms with Crippen molar-refractivity contribution in [3.8, 4) is 11.5 Å².